The molecule has 0 bridgehead atoms. The fourth-order valence-electron chi connectivity index (χ4n) is 1.77. The van der Waals surface area contributed by atoms with Gasteiger partial charge < -0.3 is 4.74 Å². The number of carbonyl (C=O) groups is 1. The summed E-state index contributed by atoms with van der Waals surface area (Å²) in [4.78, 5) is 11.9. The minimum Gasteiger partial charge on any atom is -0.448 e. The molecule has 1 unspecified atom stereocenters. The summed E-state index contributed by atoms with van der Waals surface area (Å²) in [6, 6.07) is 4.63. The Kier molecular flexibility index (Phi) is 5.69. The van der Waals surface area contributed by atoms with Crippen LogP contribution in [-0.2, 0) is 21.2 Å². The van der Waals surface area contributed by atoms with E-state index in [1.807, 2.05) is 0 Å². The van der Waals surface area contributed by atoms with Crippen LogP contribution in [-0.4, -0.2) is 52.7 Å². The maximum atomic E-state index is 12.7. The molecule has 120 valence electrons. The zero-order valence-corrected chi connectivity index (χ0v) is 12.7. The van der Waals surface area contributed by atoms with Gasteiger partial charge in [0.25, 0.3) is 10.1 Å². The highest BCUT2D eigenvalue weighted by atomic mass is 32.2. The molecule has 0 aliphatic carbocycles. The summed E-state index contributed by atoms with van der Waals surface area (Å²) >= 11 is 0. The normalized spacial score (nSPS) is 13.6. The second kappa shape index (κ2) is 6.74. The van der Waals surface area contributed by atoms with Crippen molar-refractivity contribution in [2.45, 2.75) is 18.6 Å². The topological polar surface area (TPSA) is 80.7 Å². The highest BCUT2D eigenvalue weighted by Crippen LogP contribution is 2.25. The molecule has 1 aromatic rings. The number of alkyl halides is 3. The molecule has 0 aliphatic heterocycles. The lowest BCUT2D eigenvalue weighted by Crippen LogP contribution is -2.39. The van der Waals surface area contributed by atoms with E-state index in [0.29, 0.717) is 17.3 Å². The van der Waals surface area contributed by atoms with E-state index in [4.69, 9.17) is 4.55 Å². The maximum absolute atomic E-state index is 12.7. The molecule has 1 N–H and O–H groups in total. The van der Waals surface area contributed by atoms with Gasteiger partial charge in [0, 0.05) is 0 Å². The first-order chi connectivity index (χ1) is 9.94. The first kappa shape index (κ1) is 18.6. The Morgan fingerprint density at radius 3 is 2.41 bits per heavy atom. The van der Waals surface area contributed by atoms with E-state index >= 15 is 0 Å². The van der Waals surface area contributed by atoms with Crippen molar-refractivity contribution in [2.24, 2.45) is 0 Å². The molecule has 0 saturated heterocycles. The Balaban J connectivity index is 3.09. The number of halogens is 3. The minimum absolute atomic E-state index is 0.0629. The van der Waals surface area contributed by atoms with Gasteiger partial charge in [-0.05, 0) is 5.56 Å². The summed E-state index contributed by atoms with van der Waals surface area (Å²) < 4.78 is 72.3. The fraction of sp³-hybridized carbons (Fsp3) is 0.364. The highest BCUT2D eigenvalue weighted by Gasteiger charge is 2.45. The maximum Gasteiger partial charge on any atom is 0.426 e. The minimum atomic E-state index is -5.11. The van der Waals surface area contributed by atoms with E-state index in [-0.39, 0.29) is 5.56 Å². The van der Waals surface area contributed by atoms with Crippen molar-refractivity contribution < 1.29 is 35.7 Å². The molecule has 1 atom stereocenters. The van der Waals surface area contributed by atoms with Crippen LogP contribution in [0.1, 0.15) is 15.9 Å². The first-order valence-electron chi connectivity index (χ1n) is 6.26. The highest BCUT2D eigenvalue weighted by molar-refractivity contribution is 7.85. The Hall–Kier alpha value is -1.48. The number of ether oxygens (including phenoxy) is 1. The smallest absolute Gasteiger partial charge is 0.426 e. The van der Waals surface area contributed by atoms with Gasteiger partial charge >= 0.3 is 12.1 Å². The third kappa shape index (κ3) is 5.38. The van der Waals surface area contributed by atoms with E-state index in [1.54, 1.807) is 27.8 Å². The van der Waals surface area contributed by atoms with Gasteiger partial charge in [-0.25, -0.2) is 4.79 Å². The van der Waals surface area contributed by atoms with E-state index < -0.39 is 34.1 Å². The van der Waals surface area contributed by atoms with E-state index in [2.05, 4.69) is 4.74 Å². The van der Waals surface area contributed by atoms with Crippen molar-refractivity contribution in [3.05, 3.63) is 29.3 Å². The second-order valence-corrected chi connectivity index (χ2v) is 6.20. The molecule has 1 rings (SSSR count). The SMILES string of the molecule is BCc1ccc(B)cc1C(=O)OC(CS(=O)(=O)O)C(F)(F)F. The fourth-order valence-corrected chi connectivity index (χ4v) is 2.41. The summed E-state index contributed by atoms with van der Waals surface area (Å²) in [5.41, 5.74) is 1.05. The molecule has 22 heavy (non-hydrogen) atoms. The van der Waals surface area contributed by atoms with Crippen molar-refractivity contribution in [2.75, 3.05) is 5.75 Å². The van der Waals surface area contributed by atoms with Crippen molar-refractivity contribution in [1.82, 2.24) is 0 Å². The molecule has 5 nitrogen and oxygen atoms in total. The molecule has 0 radical (unpaired) electrons. The van der Waals surface area contributed by atoms with Crippen LogP contribution >= 0.6 is 0 Å². The first-order valence-corrected chi connectivity index (χ1v) is 7.87. The van der Waals surface area contributed by atoms with Gasteiger partial charge in [-0.1, -0.05) is 30.0 Å². The molecule has 0 fully saturated rings. The standard InChI is InChI=1S/C11H13B2F3O5S/c12-4-6-1-2-7(13)3-8(6)10(17)21-9(11(14,15)16)5-22(18,19)20/h1-3,9H,4-5,12-13H2,(H,18,19,20). The van der Waals surface area contributed by atoms with E-state index in [9.17, 15) is 26.4 Å². The molecule has 0 aromatic heterocycles. The quantitative estimate of drug-likeness (QED) is 0.426. The van der Waals surface area contributed by atoms with Gasteiger partial charge in [0.1, 0.15) is 21.4 Å². The van der Waals surface area contributed by atoms with Gasteiger partial charge in [-0.3, -0.25) is 4.55 Å². The predicted octanol–water partition coefficient (Wildman–Crippen LogP) is -0.946. The average Bonchev–Trinajstić information content (AvgIpc) is 2.35. The van der Waals surface area contributed by atoms with Gasteiger partial charge in [0.05, 0.1) is 5.56 Å². The van der Waals surface area contributed by atoms with Crippen LogP contribution < -0.4 is 5.46 Å². The molecule has 0 spiro atoms. The summed E-state index contributed by atoms with van der Waals surface area (Å²) in [6.45, 7) is 0. The summed E-state index contributed by atoms with van der Waals surface area (Å²) in [5, 5.41) is 0. The lowest BCUT2D eigenvalue weighted by molar-refractivity contribution is -0.197. The van der Waals surface area contributed by atoms with Crippen LogP contribution in [0.25, 0.3) is 0 Å². The van der Waals surface area contributed by atoms with Crippen molar-refractivity contribution in [1.29, 1.82) is 0 Å². The van der Waals surface area contributed by atoms with Crippen LogP contribution in [0.5, 0.6) is 0 Å². The molecule has 11 heteroatoms. The van der Waals surface area contributed by atoms with Gasteiger partial charge in [-0.15, -0.1) is 0 Å². The number of benzene rings is 1. The third-order valence-corrected chi connectivity index (χ3v) is 3.57. The molecule has 0 heterocycles. The Morgan fingerprint density at radius 1 is 1.36 bits per heavy atom. The van der Waals surface area contributed by atoms with Crippen LogP contribution in [0, 0.1) is 0 Å². The van der Waals surface area contributed by atoms with Crippen LogP contribution in [0.4, 0.5) is 13.2 Å². The molecule has 1 aromatic carbocycles. The van der Waals surface area contributed by atoms with Gasteiger partial charge in [-0.2, -0.15) is 21.6 Å². The lowest BCUT2D eigenvalue weighted by atomic mass is 9.87. The van der Waals surface area contributed by atoms with Gasteiger partial charge in [0.2, 0.25) is 6.10 Å². The molecular formula is C11H13B2F3O5S. The lowest BCUT2D eigenvalue weighted by Gasteiger charge is -2.20. The van der Waals surface area contributed by atoms with Crippen LogP contribution in [0.3, 0.4) is 0 Å². The average molecular weight is 336 g/mol. The zero-order chi connectivity index (χ0) is 17.1. The summed E-state index contributed by atoms with van der Waals surface area (Å²) in [7, 11) is -1.60. The molecular weight excluding hydrogens is 323 g/mol. The number of esters is 1. The van der Waals surface area contributed by atoms with Crippen molar-refractivity contribution in [3.63, 3.8) is 0 Å². The molecule has 0 saturated carbocycles. The zero-order valence-electron chi connectivity index (χ0n) is 11.8. The largest absolute Gasteiger partial charge is 0.448 e. The van der Waals surface area contributed by atoms with Crippen molar-refractivity contribution >= 4 is 37.2 Å². The number of hydrogen-bond donors (Lipinski definition) is 1. The number of hydrogen-bond acceptors (Lipinski definition) is 4. The molecule has 0 aliphatic rings. The van der Waals surface area contributed by atoms with Gasteiger partial charge in [0.15, 0.2) is 0 Å². The van der Waals surface area contributed by atoms with Crippen LogP contribution in [0.15, 0.2) is 18.2 Å². The predicted molar refractivity (Wildman–Crippen MR) is 78.5 cm³/mol. The summed E-state index contributed by atoms with van der Waals surface area (Å²) in [5.74, 6) is -3.03. The number of carbonyl (C=O) groups excluding carboxylic acids is 1. The van der Waals surface area contributed by atoms with Crippen LogP contribution in [0.2, 0.25) is 0 Å². The Labute approximate surface area is 127 Å². The summed E-state index contributed by atoms with van der Waals surface area (Å²) in [6.07, 6.45) is -7.65. The monoisotopic (exact) mass is 336 g/mol. The number of rotatable bonds is 5. The Bertz CT molecular complexity index is 660. The Morgan fingerprint density at radius 2 is 1.95 bits per heavy atom. The van der Waals surface area contributed by atoms with Crippen molar-refractivity contribution in [3.8, 4) is 0 Å². The third-order valence-electron chi connectivity index (χ3n) is 2.84. The van der Waals surface area contributed by atoms with E-state index in [1.165, 1.54) is 6.07 Å². The second-order valence-electron chi connectivity index (χ2n) is 4.70. The molecule has 0 amide bonds. The van der Waals surface area contributed by atoms with E-state index in [0.717, 1.165) is 0 Å².